The molecule has 4 amide bonds. The number of halogens is 3. The Morgan fingerprint density at radius 2 is 1.59 bits per heavy atom. The van der Waals surface area contributed by atoms with Crippen LogP contribution in [0.5, 0.6) is 0 Å². The topological polar surface area (TPSA) is 176 Å². The minimum absolute atomic E-state index is 0.163. The minimum Gasteiger partial charge on any atom is -0.414 e. The first-order valence-corrected chi connectivity index (χ1v) is 18.1. The maximum Gasteiger partial charge on any atom is 0.416 e. The third kappa shape index (κ3) is 10.9. The minimum atomic E-state index is -4.52. The molecule has 0 radical (unpaired) electrons. The highest BCUT2D eigenvalue weighted by Crippen LogP contribution is 2.31. The molecule has 3 heterocycles. The highest BCUT2D eigenvalue weighted by molar-refractivity contribution is 6.00. The number of carbonyl (C=O) groups is 5. The van der Waals surface area contributed by atoms with E-state index in [1.54, 1.807) is 52.1 Å². The van der Waals surface area contributed by atoms with Crippen LogP contribution in [0.15, 0.2) is 53.1 Å². The normalized spacial score (nSPS) is 15.9. The van der Waals surface area contributed by atoms with Crippen molar-refractivity contribution in [3.8, 4) is 11.5 Å². The first-order chi connectivity index (χ1) is 25.4. The second-order valence-corrected chi connectivity index (χ2v) is 14.8. The molecular formula is C38H48F3N7O6. The summed E-state index contributed by atoms with van der Waals surface area (Å²) < 4.78 is 44.4. The molecule has 1 aromatic carbocycles. The van der Waals surface area contributed by atoms with Gasteiger partial charge in [-0.2, -0.15) is 13.2 Å². The number of alkyl halides is 3. The fourth-order valence-electron chi connectivity index (χ4n) is 6.18. The Morgan fingerprint density at radius 1 is 0.907 bits per heavy atom. The second-order valence-electron chi connectivity index (χ2n) is 14.8. The van der Waals surface area contributed by atoms with Crippen molar-refractivity contribution in [1.29, 1.82) is 0 Å². The maximum absolute atomic E-state index is 13.8. The Balaban J connectivity index is 1.32. The van der Waals surface area contributed by atoms with E-state index in [-0.39, 0.29) is 42.2 Å². The molecule has 13 nitrogen and oxygen atoms in total. The van der Waals surface area contributed by atoms with Gasteiger partial charge in [-0.15, -0.1) is 10.2 Å². The lowest BCUT2D eigenvalue weighted by atomic mass is 9.96. The largest absolute Gasteiger partial charge is 0.416 e. The SMILES string of the molecule is CC(C)[C@H](NC(=O)[C@@H]1CCCN1C(=O)[C@@H](NC(=O)CCCCC(C)(C)NC(=O)c1ccccn1)C(C)C)C(=O)c1nnc(-c2ccc(C(F)(F)F)cc2)o1. The van der Waals surface area contributed by atoms with Crippen molar-refractivity contribution in [3.05, 3.63) is 65.8 Å². The van der Waals surface area contributed by atoms with Gasteiger partial charge in [-0.3, -0.25) is 29.0 Å². The van der Waals surface area contributed by atoms with Crippen molar-refractivity contribution in [3.63, 3.8) is 0 Å². The molecule has 1 aliphatic heterocycles. The molecule has 3 aromatic rings. The Bertz CT molecular complexity index is 1780. The smallest absolute Gasteiger partial charge is 0.414 e. The number of hydrogen-bond acceptors (Lipinski definition) is 9. The first kappa shape index (κ1) is 41.6. The predicted octanol–water partition coefficient (Wildman–Crippen LogP) is 5.37. The molecule has 292 valence electrons. The number of likely N-dealkylation sites (tertiary alicyclic amines) is 1. The third-order valence-electron chi connectivity index (χ3n) is 9.23. The van der Waals surface area contributed by atoms with E-state index in [1.807, 2.05) is 13.8 Å². The van der Waals surface area contributed by atoms with Crippen LogP contribution >= 0.6 is 0 Å². The molecule has 3 atom stereocenters. The summed E-state index contributed by atoms with van der Waals surface area (Å²) in [7, 11) is 0. The lowest BCUT2D eigenvalue weighted by Crippen LogP contribution is -2.57. The maximum atomic E-state index is 13.8. The molecule has 4 rings (SSSR count). The molecular weight excluding hydrogens is 707 g/mol. The molecule has 3 N–H and O–H groups in total. The van der Waals surface area contributed by atoms with Gasteiger partial charge in [-0.05, 0) is 87.8 Å². The van der Waals surface area contributed by atoms with Crippen LogP contribution in [0.25, 0.3) is 11.5 Å². The van der Waals surface area contributed by atoms with Gasteiger partial charge in [0.2, 0.25) is 29.4 Å². The standard InChI is InChI=1S/C38H48F3N7O6/c1-22(2)29(31(50)35-47-46-34(54-35)24-15-17-25(18-16-24)38(39,40)41)44-33(52)27-13-11-21-48(27)36(53)30(23(3)4)43-28(49)14-7-9-19-37(5,6)45-32(51)26-12-8-10-20-42-26/h8,10,12,15-18,20,22-23,27,29-30H,7,9,11,13-14,19,21H2,1-6H3,(H,43,49)(H,44,52)(H,45,51)/t27-,29-,30-/m0/s1. The number of amides is 4. The highest BCUT2D eigenvalue weighted by Gasteiger charge is 2.41. The summed E-state index contributed by atoms with van der Waals surface area (Å²) >= 11 is 0. The number of aromatic nitrogens is 3. The lowest BCUT2D eigenvalue weighted by molar-refractivity contribution is -0.142. The summed E-state index contributed by atoms with van der Waals surface area (Å²) in [6, 6.07) is 6.25. The fraction of sp³-hybridized carbons (Fsp3) is 0.526. The number of hydrogen-bond donors (Lipinski definition) is 3. The average molecular weight is 756 g/mol. The molecule has 1 fully saturated rings. The van der Waals surface area contributed by atoms with E-state index < -0.39 is 64.8 Å². The van der Waals surface area contributed by atoms with E-state index in [9.17, 15) is 37.1 Å². The van der Waals surface area contributed by atoms with Crippen LogP contribution < -0.4 is 16.0 Å². The molecule has 16 heteroatoms. The van der Waals surface area contributed by atoms with Crippen molar-refractivity contribution in [1.82, 2.24) is 36.0 Å². The lowest BCUT2D eigenvalue weighted by Gasteiger charge is -2.31. The van der Waals surface area contributed by atoms with Gasteiger partial charge in [0.1, 0.15) is 17.8 Å². The Labute approximate surface area is 312 Å². The van der Waals surface area contributed by atoms with Crippen LogP contribution in [-0.4, -0.2) is 79.7 Å². The number of Topliss-reactive ketones (excluding diaryl/α,β-unsaturated/α-hetero) is 1. The summed E-state index contributed by atoms with van der Waals surface area (Å²) in [5.74, 6) is -3.54. The van der Waals surface area contributed by atoms with Gasteiger partial charge in [0.05, 0.1) is 11.6 Å². The fourth-order valence-corrected chi connectivity index (χ4v) is 6.18. The van der Waals surface area contributed by atoms with Gasteiger partial charge in [-0.1, -0.05) is 40.2 Å². The zero-order valence-corrected chi connectivity index (χ0v) is 31.3. The number of rotatable bonds is 16. The van der Waals surface area contributed by atoms with Gasteiger partial charge in [0, 0.05) is 30.3 Å². The number of nitrogens with one attached hydrogen (secondary N) is 3. The summed E-state index contributed by atoms with van der Waals surface area (Å²) in [6.07, 6.45) is -0.138. The van der Waals surface area contributed by atoms with E-state index in [0.29, 0.717) is 37.8 Å². The van der Waals surface area contributed by atoms with Crippen LogP contribution in [0.3, 0.4) is 0 Å². The van der Waals surface area contributed by atoms with Gasteiger partial charge in [0.25, 0.3) is 11.8 Å². The number of carbonyl (C=O) groups excluding carboxylic acids is 5. The summed E-state index contributed by atoms with van der Waals surface area (Å²) in [6.45, 7) is 11.1. The molecule has 0 spiro atoms. The molecule has 54 heavy (non-hydrogen) atoms. The van der Waals surface area contributed by atoms with Gasteiger partial charge in [-0.25, -0.2) is 0 Å². The predicted molar refractivity (Wildman–Crippen MR) is 192 cm³/mol. The molecule has 2 aromatic heterocycles. The Morgan fingerprint density at radius 3 is 2.20 bits per heavy atom. The number of unbranched alkanes of at least 4 members (excludes halogenated alkanes) is 1. The summed E-state index contributed by atoms with van der Waals surface area (Å²) in [5.41, 5.74) is -0.892. The van der Waals surface area contributed by atoms with Gasteiger partial charge in [0.15, 0.2) is 0 Å². The van der Waals surface area contributed by atoms with Crippen LogP contribution in [0.2, 0.25) is 0 Å². The van der Waals surface area contributed by atoms with Crippen LogP contribution in [0.1, 0.15) is 107 Å². The quantitative estimate of drug-likeness (QED) is 0.128. The molecule has 0 unspecified atom stereocenters. The molecule has 0 aliphatic carbocycles. The van der Waals surface area contributed by atoms with Crippen molar-refractivity contribution < 1.29 is 41.6 Å². The third-order valence-corrected chi connectivity index (χ3v) is 9.23. The van der Waals surface area contributed by atoms with E-state index in [2.05, 4.69) is 31.1 Å². The van der Waals surface area contributed by atoms with E-state index in [0.717, 1.165) is 24.3 Å². The molecule has 0 bridgehead atoms. The monoisotopic (exact) mass is 755 g/mol. The Kier molecular flexibility index (Phi) is 13.7. The van der Waals surface area contributed by atoms with Crippen LogP contribution in [0.4, 0.5) is 13.2 Å². The van der Waals surface area contributed by atoms with E-state index in [1.165, 1.54) is 4.90 Å². The van der Waals surface area contributed by atoms with E-state index >= 15 is 0 Å². The summed E-state index contributed by atoms with van der Waals surface area (Å²) in [5, 5.41) is 16.2. The van der Waals surface area contributed by atoms with Gasteiger partial charge < -0.3 is 25.3 Å². The number of pyridine rings is 1. The van der Waals surface area contributed by atoms with Crippen molar-refractivity contribution in [2.45, 2.75) is 110 Å². The summed E-state index contributed by atoms with van der Waals surface area (Å²) in [4.78, 5) is 72.0. The van der Waals surface area contributed by atoms with Crippen molar-refractivity contribution in [2.24, 2.45) is 11.8 Å². The Hall–Kier alpha value is -5.15. The van der Waals surface area contributed by atoms with E-state index in [4.69, 9.17) is 4.42 Å². The zero-order chi connectivity index (χ0) is 39.8. The van der Waals surface area contributed by atoms with Gasteiger partial charge >= 0.3 is 6.18 Å². The molecule has 0 saturated carbocycles. The van der Waals surface area contributed by atoms with Crippen LogP contribution in [-0.2, 0) is 20.6 Å². The average Bonchev–Trinajstić information content (AvgIpc) is 3.82. The zero-order valence-electron chi connectivity index (χ0n) is 31.3. The number of ketones is 1. The first-order valence-electron chi connectivity index (χ1n) is 18.1. The highest BCUT2D eigenvalue weighted by atomic mass is 19.4. The van der Waals surface area contributed by atoms with Crippen molar-refractivity contribution in [2.75, 3.05) is 6.54 Å². The number of benzene rings is 1. The molecule has 1 saturated heterocycles. The second kappa shape index (κ2) is 17.8. The molecule has 1 aliphatic rings. The number of nitrogens with zero attached hydrogens (tertiary/aromatic N) is 4. The van der Waals surface area contributed by atoms with Crippen LogP contribution in [0, 0.1) is 11.8 Å². The van der Waals surface area contributed by atoms with Crippen molar-refractivity contribution >= 4 is 29.4 Å².